The maximum atomic E-state index is 12.1. The van der Waals surface area contributed by atoms with E-state index in [1.807, 2.05) is 6.92 Å². The van der Waals surface area contributed by atoms with Crippen molar-refractivity contribution in [2.75, 3.05) is 6.61 Å². The molecule has 0 aromatic rings. The first kappa shape index (κ1) is 30.5. The van der Waals surface area contributed by atoms with Crippen molar-refractivity contribution in [3.05, 3.63) is 0 Å². The van der Waals surface area contributed by atoms with E-state index in [0.717, 1.165) is 6.42 Å². The van der Waals surface area contributed by atoms with Crippen molar-refractivity contribution in [1.29, 1.82) is 0 Å². The number of carbonyl (C=O) groups is 1. The van der Waals surface area contributed by atoms with E-state index in [4.69, 9.17) is 4.74 Å². The standard InChI is InChI=1S/C29H58O2/c1-5-8-10-12-14-16-17-19-21-23-25-28(26-31-29(30)27(4)7-3)24-22-20-18-15-13-11-9-6-2/h27-28H,5-26H2,1-4H3. The molecule has 0 aliphatic carbocycles. The van der Waals surface area contributed by atoms with Crippen LogP contribution in [-0.4, -0.2) is 12.6 Å². The molecule has 0 aromatic carbocycles. The molecule has 2 heteroatoms. The Labute approximate surface area is 196 Å². The molecule has 0 aliphatic rings. The van der Waals surface area contributed by atoms with Gasteiger partial charge in [0.15, 0.2) is 0 Å². The third kappa shape index (κ3) is 21.1. The fourth-order valence-electron chi connectivity index (χ4n) is 4.31. The van der Waals surface area contributed by atoms with Crippen LogP contribution in [-0.2, 0) is 9.53 Å². The van der Waals surface area contributed by atoms with Crippen molar-refractivity contribution < 1.29 is 9.53 Å². The van der Waals surface area contributed by atoms with Crippen molar-refractivity contribution in [2.45, 2.75) is 163 Å². The second kappa shape index (κ2) is 24.1. The van der Waals surface area contributed by atoms with Crippen molar-refractivity contribution >= 4 is 5.97 Å². The molecule has 0 N–H and O–H groups in total. The highest BCUT2D eigenvalue weighted by atomic mass is 16.5. The maximum absolute atomic E-state index is 12.1. The fraction of sp³-hybridized carbons (Fsp3) is 0.966. The summed E-state index contributed by atoms with van der Waals surface area (Å²) in [6.07, 6.45) is 28.2. The second-order valence-corrected chi connectivity index (χ2v) is 10.0. The van der Waals surface area contributed by atoms with E-state index in [2.05, 4.69) is 20.8 Å². The summed E-state index contributed by atoms with van der Waals surface area (Å²) < 4.78 is 5.68. The lowest BCUT2D eigenvalue weighted by molar-refractivity contribution is -0.149. The summed E-state index contributed by atoms with van der Waals surface area (Å²) in [6, 6.07) is 0. The Morgan fingerprint density at radius 2 is 0.935 bits per heavy atom. The summed E-state index contributed by atoms with van der Waals surface area (Å²) in [7, 11) is 0. The molecule has 0 bridgehead atoms. The Morgan fingerprint density at radius 1 is 0.581 bits per heavy atom. The lowest BCUT2D eigenvalue weighted by Crippen LogP contribution is -2.19. The average Bonchev–Trinajstić information content (AvgIpc) is 2.78. The highest BCUT2D eigenvalue weighted by molar-refractivity contribution is 5.71. The molecule has 0 rings (SSSR count). The highest BCUT2D eigenvalue weighted by Crippen LogP contribution is 2.21. The van der Waals surface area contributed by atoms with Gasteiger partial charge in [-0.15, -0.1) is 0 Å². The number of carbonyl (C=O) groups excluding carboxylic acids is 1. The Bertz CT molecular complexity index is 366. The van der Waals surface area contributed by atoms with Crippen molar-refractivity contribution in [2.24, 2.45) is 11.8 Å². The summed E-state index contributed by atoms with van der Waals surface area (Å²) >= 11 is 0. The molecule has 0 fully saturated rings. The van der Waals surface area contributed by atoms with Crippen LogP contribution in [0.5, 0.6) is 0 Å². The van der Waals surface area contributed by atoms with Crippen LogP contribution >= 0.6 is 0 Å². The van der Waals surface area contributed by atoms with Gasteiger partial charge in [-0.3, -0.25) is 4.79 Å². The van der Waals surface area contributed by atoms with Gasteiger partial charge in [0, 0.05) is 0 Å². The molecular weight excluding hydrogens is 380 g/mol. The smallest absolute Gasteiger partial charge is 0.308 e. The molecule has 0 amide bonds. The van der Waals surface area contributed by atoms with Gasteiger partial charge in [-0.25, -0.2) is 0 Å². The molecule has 0 spiro atoms. The fourth-order valence-corrected chi connectivity index (χ4v) is 4.31. The van der Waals surface area contributed by atoms with Crippen LogP contribution in [0, 0.1) is 11.8 Å². The van der Waals surface area contributed by atoms with Crippen LogP contribution in [0.3, 0.4) is 0 Å². The van der Waals surface area contributed by atoms with Crippen LogP contribution in [0.15, 0.2) is 0 Å². The molecule has 2 atom stereocenters. The minimum atomic E-state index is 0.00602. The zero-order valence-electron chi connectivity index (χ0n) is 22.0. The molecule has 0 radical (unpaired) electrons. The van der Waals surface area contributed by atoms with Crippen LogP contribution in [0.2, 0.25) is 0 Å². The van der Waals surface area contributed by atoms with Crippen molar-refractivity contribution in [3.8, 4) is 0 Å². The van der Waals surface area contributed by atoms with Gasteiger partial charge in [0.05, 0.1) is 12.5 Å². The van der Waals surface area contributed by atoms with E-state index in [0.29, 0.717) is 12.5 Å². The van der Waals surface area contributed by atoms with E-state index < -0.39 is 0 Å². The third-order valence-electron chi connectivity index (χ3n) is 6.91. The van der Waals surface area contributed by atoms with Gasteiger partial charge in [0.25, 0.3) is 0 Å². The lowest BCUT2D eigenvalue weighted by atomic mass is 9.94. The highest BCUT2D eigenvalue weighted by Gasteiger charge is 2.16. The monoisotopic (exact) mass is 438 g/mol. The number of ether oxygens (including phenoxy) is 1. The molecule has 2 unspecified atom stereocenters. The van der Waals surface area contributed by atoms with E-state index in [9.17, 15) is 4.79 Å². The van der Waals surface area contributed by atoms with Crippen LogP contribution in [0.1, 0.15) is 163 Å². The van der Waals surface area contributed by atoms with Gasteiger partial charge in [-0.05, 0) is 25.2 Å². The molecule has 186 valence electrons. The first-order valence-electron chi connectivity index (χ1n) is 14.3. The van der Waals surface area contributed by atoms with Gasteiger partial charge >= 0.3 is 5.97 Å². The van der Waals surface area contributed by atoms with Gasteiger partial charge in [0.1, 0.15) is 0 Å². The molecule has 0 saturated carbocycles. The number of hydrogen-bond acceptors (Lipinski definition) is 2. The Kier molecular flexibility index (Phi) is 23.7. The molecular formula is C29H58O2. The summed E-state index contributed by atoms with van der Waals surface area (Å²) in [5, 5.41) is 0. The van der Waals surface area contributed by atoms with Crippen LogP contribution < -0.4 is 0 Å². The van der Waals surface area contributed by atoms with Gasteiger partial charge in [-0.2, -0.15) is 0 Å². The molecule has 2 nitrogen and oxygen atoms in total. The topological polar surface area (TPSA) is 26.3 Å². The zero-order valence-corrected chi connectivity index (χ0v) is 22.0. The quantitative estimate of drug-likeness (QED) is 0.111. The molecule has 0 aromatic heterocycles. The van der Waals surface area contributed by atoms with Gasteiger partial charge in [0.2, 0.25) is 0 Å². The zero-order chi connectivity index (χ0) is 23.0. The predicted octanol–water partition coefficient (Wildman–Crippen LogP) is 10.0. The Morgan fingerprint density at radius 3 is 1.29 bits per heavy atom. The SMILES string of the molecule is CCCCCCCCCCCCC(CCCCCCCCCC)COC(=O)C(C)CC. The maximum Gasteiger partial charge on any atom is 0.308 e. The Balaban J connectivity index is 3.95. The molecule has 0 saturated heterocycles. The first-order valence-corrected chi connectivity index (χ1v) is 14.3. The summed E-state index contributed by atoms with van der Waals surface area (Å²) in [5.41, 5.74) is 0. The predicted molar refractivity (Wildman–Crippen MR) is 138 cm³/mol. The van der Waals surface area contributed by atoms with E-state index in [1.165, 1.54) is 128 Å². The largest absolute Gasteiger partial charge is 0.465 e. The van der Waals surface area contributed by atoms with Crippen molar-refractivity contribution in [3.63, 3.8) is 0 Å². The van der Waals surface area contributed by atoms with Gasteiger partial charge < -0.3 is 4.74 Å². The van der Waals surface area contributed by atoms with E-state index in [1.54, 1.807) is 0 Å². The summed E-state index contributed by atoms with van der Waals surface area (Å²) in [5.74, 6) is 0.620. The van der Waals surface area contributed by atoms with Gasteiger partial charge in [-0.1, -0.05) is 143 Å². The number of esters is 1. The minimum Gasteiger partial charge on any atom is -0.465 e. The van der Waals surface area contributed by atoms with Crippen LogP contribution in [0.25, 0.3) is 0 Å². The second-order valence-electron chi connectivity index (χ2n) is 10.0. The van der Waals surface area contributed by atoms with Crippen LogP contribution in [0.4, 0.5) is 0 Å². The molecule has 0 aliphatic heterocycles. The lowest BCUT2D eigenvalue weighted by Gasteiger charge is -2.18. The minimum absolute atomic E-state index is 0.00602. The summed E-state index contributed by atoms with van der Waals surface area (Å²) in [4.78, 5) is 12.1. The number of unbranched alkanes of at least 4 members (excludes halogenated alkanes) is 16. The van der Waals surface area contributed by atoms with E-state index in [-0.39, 0.29) is 11.9 Å². The molecule has 0 heterocycles. The Hall–Kier alpha value is -0.530. The normalized spacial score (nSPS) is 13.3. The number of hydrogen-bond donors (Lipinski definition) is 0. The average molecular weight is 439 g/mol. The third-order valence-corrected chi connectivity index (χ3v) is 6.91. The van der Waals surface area contributed by atoms with Crippen molar-refractivity contribution in [1.82, 2.24) is 0 Å². The summed E-state index contributed by atoms with van der Waals surface area (Å²) in [6.45, 7) is 9.26. The van der Waals surface area contributed by atoms with E-state index >= 15 is 0 Å². The first-order chi connectivity index (χ1) is 15.2. The molecule has 31 heavy (non-hydrogen) atoms. The number of rotatable bonds is 24.